The number of aryl methyl sites for hydroxylation is 1. The van der Waals surface area contributed by atoms with Crippen LogP contribution in [0.15, 0.2) is 54.6 Å². The lowest BCUT2D eigenvalue weighted by Gasteiger charge is -2.25. The number of aromatic nitrogens is 2. The Hall–Kier alpha value is -3.23. The minimum absolute atomic E-state index is 0.000119. The number of ether oxygens (including phenoxy) is 1. The van der Waals surface area contributed by atoms with Crippen LogP contribution in [0.5, 0.6) is 5.75 Å². The highest BCUT2D eigenvalue weighted by atomic mass is 32.1. The van der Waals surface area contributed by atoms with Gasteiger partial charge in [0.25, 0.3) is 5.91 Å². The first kappa shape index (κ1) is 22.0. The molecular weight excluding hydrogens is 427 g/mol. The second-order valence-electron chi connectivity index (χ2n) is 7.77. The summed E-state index contributed by atoms with van der Waals surface area (Å²) in [6.07, 6.45) is 0. The zero-order valence-corrected chi connectivity index (χ0v) is 19.2. The van der Waals surface area contributed by atoms with Crippen LogP contribution in [0.1, 0.15) is 27.0 Å². The quantitative estimate of drug-likeness (QED) is 0.446. The highest BCUT2D eigenvalue weighted by molar-refractivity contribution is 7.20. The molecule has 1 N–H and O–H groups in total. The van der Waals surface area contributed by atoms with Crippen molar-refractivity contribution in [3.8, 4) is 11.4 Å². The molecule has 4 aromatic rings. The third-order valence-electron chi connectivity index (χ3n) is 5.40. The summed E-state index contributed by atoms with van der Waals surface area (Å²) in [4.78, 5) is 16.5. The molecule has 0 spiro atoms. The molecule has 8 heteroatoms. The first-order chi connectivity index (χ1) is 15.4. The molecule has 0 aliphatic carbocycles. The van der Waals surface area contributed by atoms with Crippen molar-refractivity contribution in [1.82, 2.24) is 20.0 Å². The van der Waals surface area contributed by atoms with Crippen LogP contribution in [0.25, 0.3) is 15.9 Å². The predicted molar refractivity (Wildman–Crippen MR) is 125 cm³/mol. The van der Waals surface area contributed by atoms with E-state index in [-0.39, 0.29) is 17.8 Å². The van der Waals surface area contributed by atoms with Crippen molar-refractivity contribution in [2.45, 2.75) is 13.0 Å². The molecule has 2 aromatic heterocycles. The smallest absolute Gasteiger partial charge is 0.261 e. The van der Waals surface area contributed by atoms with Crippen molar-refractivity contribution in [2.75, 3.05) is 27.7 Å². The van der Waals surface area contributed by atoms with Gasteiger partial charge >= 0.3 is 0 Å². The van der Waals surface area contributed by atoms with Crippen LogP contribution < -0.4 is 10.1 Å². The van der Waals surface area contributed by atoms with E-state index < -0.39 is 0 Å². The van der Waals surface area contributed by atoms with Crippen LogP contribution in [-0.4, -0.2) is 48.3 Å². The molecule has 1 atom stereocenters. The average molecular weight is 453 g/mol. The van der Waals surface area contributed by atoms with E-state index in [0.29, 0.717) is 11.4 Å². The number of carbonyl (C=O) groups excluding carboxylic acids is 1. The van der Waals surface area contributed by atoms with E-state index >= 15 is 0 Å². The third kappa shape index (κ3) is 4.37. The van der Waals surface area contributed by atoms with Crippen LogP contribution in [0, 0.1) is 12.7 Å². The molecule has 0 saturated carbocycles. The number of amides is 1. The Labute approximate surface area is 190 Å². The molecule has 32 heavy (non-hydrogen) atoms. The van der Waals surface area contributed by atoms with Gasteiger partial charge in [0.05, 0.1) is 29.4 Å². The fourth-order valence-corrected chi connectivity index (χ4v) is 4.74. The van der Waals surface area contributed by atoms with Gasteiger partial charge < -0.3 is 15.0 Å². The summed E-state index contributed by atoms with van der Waals surface area (Å²) in [6, 6.07) is 15.9. The number of methoxy groups -OCH3 is 1. The van der Waals surface area contributed by atoms with E-state index in [2.05, 4.69) is 15.3 Å². The Balaban J connectivity index is 1.55. The van der Waals surface area contributed by atoms with E-state index in [4.69, 9.17) is 4.74 Å². The van der Waals surface area contributed by atoms with Crippen molar-refractivity contribution in [1.29, 1.82) is 0 Å². The van der Waals surface area contributed by atoms with E-state index in [1.54, 1.807) is 23.9 Å². The second-order valence-corrected chi connectivity index (χ2v) is 8.80. The summed E-state index contributed by atoms with van der Waals surface area (Å²) >= 11 is 1.37. The largest absolute Gasteiger partial charge is 0.497 e. The maximum Gasteiger partial charge on any atom is 0.261 e. The van der Waals surface area contributed by atoms with Crippen LogP contribution in [-0.2, 0) is 0 Å². The zero-order valence-electron chi connectivity index (χ0n) is 18.4. The lowest BCUT2D eigenvalue weighted by atomic mass is 10.1. The molecule has 0 aliphatic rings. The van der Waals surface area contributed by atoms with Crippen LogP contribution >= 0.6 is 11.3 Å². The lowest BCUT2D eigenvalue weighted by Crippen LogP contribution is -2.34. The van der Waals surface area contributed by atoms with Gasteiger partial charge in [0.1, 0.15) is 16.4 Å². The molecule has 1 amide bonds. The molecule has 0 aliphatic heterocycles. The van der Waals surface area contributed by atoms with E-state index in [0.717, 1.165) is 32.9 Å². The molecule has 166 valence electrons. The number of benzene rings is 2. The van der Waals surface area contributed by atoms with Crippen molar-refractivity contribution in [3.63, 3.8) is 0 Å². The summed E-state index contributed by atoms with van der Waals surface area (Å²) in [6.45, 7) is 2.36. The molecule has 4 rings (SSSR count). The number of likely N-dealkylation sites (N-methyl/N-ethyl adjacent to an activating group) is 1. The topological polar surface area (TPSA) is 59.4 Å². The normalized spacial score (nSPS) is 12.3. The fraction of sp³-hybridized carbons (Fsp3) is 0.250. The maximum atomic E-state index is 13.3. The van der Waals surface area contributed by atoms with Gasteiger partial charge in [0.2, 0.25) is 0 Å². The molecule has 2 heterocycles. The molecule has 1 unspecified atom stereocenters. The van der Waals surface area contributed by atoms with Gasteiger partial charge in [-0.2, -0.15) is 5.10 Å². The second kappa shape index (κ2) is 9.10. The van der Waals surface area contributed by atoms with Gasteiger partial charge in [-0.1, -0.05) is 12.1 Å². The monoisotopic (exact) mass is 452 g/mol. The standard InChI is InChI=1S/C24H25FN4O2S/c1-15-20-13-22(32-24(20)29(27-15)18-10-8-17(25)9-11-18)23(30)26-14-21(28(2)3)16-6-5-7-19(12-16)31-4/h5-13,21H,14H2,1-4H3,(H,26,30). The van der Waals surface area contributed by atoms with Crippen molar-refractivity contribution in [3.05, 3.63) is 76.5 Å². The van der Waals surface area contributed by atoms with Gasteiger partial charge in [-0.15, -0.1) is 11.3 Å². The highest BCUT2D eigenvalue weighted by Gasteiger charge is 2.20. The number of carbonyl (C=O) groups is 1. The lowest BCUT2D eigenvalue weighted by molar-refractivity contribution is 0.0946. The average Bonchev–Trinajstić information content (AvgIpc) is 3.35. The molecule has 0 radical (unpaired) electrons. The van der Waals surface area contributed by atoms with Gasteiger partial charge in [-0.05, 0) is 69.0 Å². The molecule has 0 fully saturated rings. The minimum atomic E-state index is -0.299. The van der Waals surface area contributed by atoms with Gasteiger partial charge in [-0.3, -0.25) is 4.79 Å². The Morgan fingerprint density at radius 1 is 1.22 bits per heavy atom. The van der Waals surface area contributed by atoms with E-state index in [1.165, 1.54) is 23.5 Å². The van der Waals surface area contributed by atoms with Gasteiger partial charge in [-0.25, -0.2) is 9.07 Å². The van der Waals surface area contributed by atoms with E-state index in [1.807, 2.05) is 51.4 Å². The van der Waals surface area contributed by atoms with Crippen molar-refractivity contribution >= 4 is 27.5 Å². The number of halogens is 1. The summed E-state index contributed by atoms with van der Waals surface area (Å²) < 4.78 is 20.4. The number of fused-ring (bicyclic) bond motifs is 1. The summed E-state index contributed by atoms with van der Waals surface area (Å²) in [5.41, 5.74) is 2.64. The Morgan fingerprint density at radius 3 is 2.66 bits per heavy atom. The van der Waals surface area contributed by atoms with Crippen LogP contribution in [0.3, 0.4) is 0 Å². The van der Waals surface area contributed by atoms with Crippen LogP contribution in [0.4, 0.5) is 4.39 Å². The summed E-state index contributed by atoms with van der Waals surface area (Å²) in [7, 11) is 5.61. The molecule has 6 nitrogen and oxygen atoms in total. The number of hydrogen-bond donors (Lipinski definition) is 1. The van der Waals surface area contributed by atoms with Gasteiger partial charge in [0.15, 0.2) is 0 Å². The molecule has 0 bridgehead atoms. The number of nitrogens with zero attached hydrogens (tertiary/aromatic N) is 3. The minimum Gasteiger partial charge on any atom is -0.497 e. The third-order valence-corrected chi connectivity index (χ3v) is 6.51. The highest BCUT2D eigenvalue weighted by Crippen LogP contribution is 2.30. The fourth-order valence-electron chi connectivity index (χ4n) is 3.64. The first-order valence-electron chi connectivity index (χ1n) is 10.2. The summed E-state index contributed by atoms with van der Waals surface area (Å²) in [5.74, 6) is 0.351. The molecule has 0 saturated heterocycles. The first-order valence-corrected chi connectivity index (χ1v) is 11.0. The molecule has 2 aromatic carbocycles. The Morgan fingerprint density at radius 2 is 1.97 bits per heavy atom. The SMILES string of the molecule is COc1cccc(C(CNC(=O)c2cc3c(C)nn(-c4ccc(F)cc4)c3s2)N(C)C)c1. The van der Waals surface area contributed by atoms with Crippen LogP contribution in [0.2, 0.25) is 0 Å². The van der Waals surface area contributed by atoms with Gasteiger partial charge in [0, 0.05) is 11.9 Å². The number of rotatable bonds is 7. The maximum absolute atomic E-state index is 13.3. The number of nitrogens with one attached hydrogen (secondary N) is 1. The summed E-state index contributed by atoms with van der Waals surface area (Å²) in [5, 5.41) is 8.54. The van der Waals surface area contributed by atoms with Crippen molar-refractivity contribution in [2.24, 2.45) is 0 Å². The number of thiophene rings is 1. The number of hydrogen-bond acceptors (Lipinski definition) is 5. The predicted octanol–water partition coefficient (Wildman–Crippen LogP) is 4.58. The zero-order chi connectivity index (χ0) is 22.8. The van der Waals surface area contributed by atoms with Crippen molar-refractivity contribution < 1.29 is 13.9 Å². The van der Waals surface area contributed by atoms with E-state index in [9.17, 15) is 9.18 Å². The molecular formula is C24H25FN4O2S. The Kier molecular flexibility index (Phi) is 6.25. The Bertz CT molecular complexity index is 1250.